The minimum atomic E-state index is -5.28. The van der Waals surface area contributed by atoms with E-state index in [-0.39, 0.29) is 69.9 Å². The molecule has 74 heavy (non-hydrogen) atoms. The van der Waals surface area contributed by atoms with Gasteiger partial charge in [0.05, 0.1) is 5.97 Å². The average molecular weight is 1370 g/mol. The molecule has 4 aromatic carbocycles. The standard InChI is InChI=1S/4C7H6O9S2.Na.Sm/c4*8-5-3(7(9)10)1-2-4(17(11,12)13)6(5)18(14,15)16;;/h4*1-2,8H,(H,9,10)(H,11,12,13)(H,14,15,16);;/q;;;;+1;/p-1. The summed E-state index contributed by atoms with van der Waals surface area (Å²) in [5.74, 6) is -13.3. The summed E-state index contributed by atoms with van der Waals surface area (Å²) in [4.78, 5) is 30.6. The fraction of sp³-hybridized carbons (Fsp3) is 0. The fourth-order valence-corrected chi connectivity index (χ4v) is 12.2. The van der Waals surface area contributed by atoms with Crippen LogP contribution in [-0.2, 0) is 80.9 Å². The minimum Gasteiger partial charge on any atom is -0.545 e. The van der Waals surface area contributed by atoms with Crippen molar-refractivity contribution in [1.29, 1.82) is 0 Å². The molecule has 0 aliphatic carbocycles. The van der Waals surface area contributed by atoms with Gasteiger partial charge in [0.25, 0.3) is 80.9 Å². The summed E-state index contributed by atoms with van der Waals surface area (Å²) in [6, 6.07) is 3.89. The number of carboxylic acids is 4. The first-order valence-electron chi connectivity index (χ1n) is 16.0. The van der Waals surface area contributed by atoms with Gasteiger partial charge in [-0.05, 0) is 48.5 Å². The van der Waals surface area contributed by atoms with Gasteiger partial charge < -0.3 is 45.6 Å². The number of benzene rings is 4. The maximum atomic E-state index is 10.9. The van der Waals surface area contributed by atoms with Gasteiger partial charge in [-0.25, -0.2) is 14.4 Å². The summed E-state index contributed by atoms with van der Waals surface area (Å²) < 4.78 is 244. The van der Waals surface area contributed by atoms with Crippen LogP contribution >= 0.6 is 0 Å². The zero-order valence-electron chi connectivity index (χ0n) is 34.6. The van der Waals surface area contributed by atoms with Crippen LogP contribution in [-0.4, -0.2) is 163 Å². The third-order valence-electron chi connectivity index (χ3n) is 7.44. The third kappa shape index (κ3) is 18.4. The van der Waals surface area contributed by atoms with Crippen molar-refractivity contribution in [2.45, 2.75) is 39.2 Å². The topological polar surface area (TPSA) is 668 Å². The van der Waals surface area contributed by atoms with E-state index in [0.717, 1.165) is 0 Å². The molecule has 4 aromatic rings. The smallest absolute Gasteiger partial charge is 0.545 e. The molecular formula is C28H23NaO36S8Sm. The van der Waals surface area contributed by atoms with Crippen LogP contribution in [0.25, 0.3) is 0 Å². The quantitative estimate of drug-likeness (QED) is 0.0464. The summed E-state index contributed by atoms with van der Waals surface area (Å²) in [5, 5.41) is 73.6. The first-order chi connectivity index (χ1) is 31.8. The van der Waals surface area contributed by atoms with Crippen LogP contribution in [0.1, 0.15) is 41.4 Å². The van der Waals surface area contributed by atoms with Crippen LogP contribution in [0.2, 0.25) is 0 Å². The van der Waals surface area contributed by atoms with Gasteiger partial charge in [-0.3, -0.25) is 36.4 Å². The molecule has 0 radical (unpaired) electrons. The van der Waals surface area contributed by atoms with Gasteiger partial charge in [0.2, 0.25) is 0 Å². The fourth-order valence-electron chi connectivity index (χ4n) is 4.70. The molecular weight excluding hydrogens is 1340 g/mol. The van der Waals surface area contributed by atoms with Crippen molar-refractivity contribution in [2.75, 3.05) is 0 Å². The predicted molar refractivity (Wildman–Crippen MR) is 216 cm³/mol. The van der Waals surface area contributed by atoms with Crippen LogP contribution in [0.15, 0.2) is 87.7 Å². The molecule has 0 spiro atoms. The molecule has 15 N–H and O–H groups in total. The Morgan fingerprint density at radius 2 is 0.459 bits per heavy atom. The Labute approximate surface area is 466 Å². The van der Waals surface area contributed by atoms with Crippen LogP contribution in [0.3, 0.4) is 0 Å². The summed E-state index contributed by atoms with van der Waals surface area (Å²) in [6.07, 6.45) is 0. The molecule has 0 saturated carbocycles. The second-order valence-electron chi connectivity index (χ2n) is 12.2. The summed E-state index contributed by atoms with van der Waals surface area (Å²) >= 11 is 0. The second kappa shape index (κ2) is 25.2. The number of carbonyl (C=O) groups is 4. The van der Waals surface area contributed by atoms with Crippen LogP contribution < -0.4 is 34.7 Å². The Hall–Kier alpha value is -4.42. The molecule has 0 saturated heterocycles. The first kappa shape index (κ1) is 71.7. The molecule has 0 aromatic heterocycles. The summed E-state index contributed by atoms with van der Waals surface area (Å²) in [7, 11) is -41.4. The normalized spacial score (nSPS) is 12.0. The van der Waals surface area contributed by atoms with E-state index in [1.807, 2.05) is 0 Å². The Morgan fingerprint density at radius 3 is 0.581 bits per heavy atom. The number of aromatic hydroxyl groups is 4. The van der Waals surface area contributed by atoms with E-state index in [9.17, 15) is 112 Å². The number of rotatable bonds is 12. The average Bonchev–Trinajstić information content (AvgIpc) is 3.14. The maximum Gasteiger partial charge on any atom is 1.00 e. The molecule has 0 fully saturated rings. The van der Waals surface area contributed by atoms with Gasteiger partial charge in [0, 0.05) is 46.0 Å². The van der Waals surface area contributed by atoms with E-state index < -0.39 is 189 Å². The van der Waals surface area contributed by atoms with Crippen molar-refractivity contribution < 1.29 is 234 Å². The van der Waals surface area contributed by atoms with Crippen molar-refractivity contribution in [3.05, 3.63) is 70.8 Å². The number of carbonyl (C=O) groups excluding carboxylic acids is 1. The first-order valence-corrected chi connectivity index (χ1v) is 27.5. The Morgan fingerprint density at radius 1 is 0.311 bits per heavy atom. The number of aromatic carboxylic acids is 4. The number of carboxylic acid groups (broad SMARTS) is 4. The Bertz CT molecular complexity index is 3380. The second-order valence-corrected chi connectivity index (χ2v) is 23.2. The van der Waals surface area contributed by atoms with Crippen LogP contribution in [0, 0.1) is 40.4 Å². The molecule has 0 atom stereocenters. The van der Waals surface area contributed by atoms with E-state index in [0.29, 0.717) is 48.5 Å². The van der Waals surface area contributed by atoms with E-state index >= 15 is 0 Å². The molecule has 4 rings (SSSR count). The molecule has 0 aliphatic rings. The SMILES string of the molecule is O=C(O)c1ccc(S(=O)(=O)O)c(S(=O)(=O)O)c1O.O=C(O)c1ccc(S(=O)(=O)O)c(S(=O)(=O)O)c1O.O=C(O)c1ccc(S(=O)(=O)O)c(S(=O)(=O)O)c1O.O=C([O-])c1ccc(S(=O)(=O)O)c(S(=O)(=O)O)c1O.[Na+].[Sm]. The van der Waals surface area contributed by atoms with Gasteiger partial charge >= 0.3 is 47.5 Å². The Balaban J connectivity index is 0. The molecule has 406 valence electrons. The molecule has 0 amide bonds. The van der Waals surface area contributed by atoms with Crippen molar-refractivity contribution in [1.82, 2.24) is 0 Å². The molecule has 36 nitrogen and oxygen atoms in total. The summed E-state index contributed by atoms with van der Waals surface area (Å²) in [6.45, 7) is 0. The number of hydrogen-bond acceptors (Lipinski definition) is 25. The minimum absolute atomic E-state index is 0. The van der Waals surface area contributed by atoms with E-state index in [4.69, 9.17) is 51.7 Å². The third-order valence-corrected chi connectivity index (χ3v) is 15.3. The molecule has 0 aliphatic heterocycles. The van der Waals surface area contributed by atoms with Gasteiger partial charge in [-0.2, -0.15) is 67.3 Å². The van der Waals surface area contributed by atoms with Gasteiger partial charge in [0.1, 0.15) is 42.0 Å². The monoisotopic (exact) mass is 1370 g/mol. The number of hydrogen-bond donors (Lipinski definition) is 15. The van der Waals surface area contributed by atoms with Crippen molar-refractivity contribution in [2.24, 2.45) is 0 Å². The van der Waals surface area contributed by atoms with E-state index in [1.54, 1.807) is 0 Å². The van der Waals surface area contributed by atoms with E-state index in [1.165, 1.54) is 0 Å². The maximum absolute atomic E-state index is 10.9. The summed E-state index contributed by atoms with van der Waals surface area (Å²) in [5.41, 5.74) is -3.91. The van der Waals surface area contributed by atoms with Crippen LogP contribution in [0.5, 0.6) is 23.0 Å². The molecule has 46 heteroatoms. The molecule has 0 bridgehead atoms. The Kier molecular flexibility index (Phi) is 24.4. The van der Waals surface area contributed by atoms with Gasteiger partial charge in [-0.1, -0.05) is 0 Å². The zero-order valence-corrected chi connectivity index (χ0v) is 45.7. The largest absolute Gasteiger partial charge is 1.00 e. The number of phenols is 4. The van der Waals surface area contributed by atoms with E-state index in [2.05, 4.69) is 0 Å². The van der Waals surface area contributed by atoms with Crippen molar-refractivity contribution in [3.8, 4) is 23.0 Å². The van der Waals surface area contributed by atoms with Gasteiger partial charge in [0.15, 0.2) is 36.8 Å². The van der Waals surface area contributed by atoms with Gasteiger partial charge in [-0.15, -0.1) is 0 Å². The molecule has 0 heterocycles. The molecule has 0 unspecified atom stereocenters. The van der Waals surface area contributed by atoms with Crippen LogP contribution in [0.4, 0.5) is 0 Å². The van der Waals surface area contributed by atoms with Crippen molar-refractivity contribution >= 4 is 105 Å². The predicted octanol–water partition coefficient (Wildman–Crippen LogP) is -6.00. The van der Waals surface area contributed by atoms with Crippen molar-refractivity contribution in [3.63, 3.8) is 0 Å². The zero-order chi connectivity index (χ0) is 57.2.